The predicted octanol–water partition coefficient (Wildman–Crippen LogP) is 5.13. The molecule has 0 spiro atoms. The number of methoxy groups -OCH3 is 1. The first-order valence-electron chi connectivity index (χ1n) is 16.3. The molecule has 6 atom stereocenters. The summed E-state index contributed by atoms with van der Waals surface area (Å²) in [4.78, 5) is 37.6. The summed E-state index contributed by atoms with van der Waals surface area (Å²) in [7, 11) is 3.25. The van der Waals surface area contributed by atoms with Gasteiger partial charge in [0.2, 0.25) is 5.91 Å². The van der Waals surface area contributed by atoms with E-state index in [1.54, 1.807) is 42.8 Å². The number of alkyl halides is 3. The number of hydrogen-bond acceptors (Lipinski definition) is 6. The average Bonchev–Trinajstić information content (AvgIpc) is 3.62. The van der Waals surface area contributed by atoms with Gasteiger partial charge < -0.3 is 29.8 Å². The lowest BCUT2D eigenvalue weighted by molar-refractivity contribution is -0.123. The van der Waals surface area contributed by atoms with Crippen molar-refractivity contribution in [3.05, 3.63) is 41.6 Å². The van der Waals surface area contributed by atoms with E-state index in [9.17, 15) is 14.0 Å². The van der Waals surface area contributed by atoms with Crippen molar-refractivity contribution >= 4 is 33.9 Å². The van der Waals surface area contributed by atoms with E-state index in [0.29, 0.717) is 57.9 Å². The SMILES string of the molecule is COc1cc(C(=O)N2C[C@H](N)C[C@@H](F)[C@@H]2C)cc2nc(-c3cc4ccc5nc4n3CC(F)(F)CCCC3C[C@H]3C(=O)N[C@@H]5C)n(C)c12. The second-order valence-corrected chi connectivity index (χ2v) is 13.6. The Balaban J connectivity index is 1.34. The number of carbonyl (C=O) groups is 2. The lowest BCUT2D eigenvalue weighted by atomic mass is 9.97. The number of halogens is 3. The van der Waals surface area contributed by atoms with Gasteiger partial charge in [0.15, 0.2) is 5.82 Å². The molecule has 1 unspecified atom stereocenters. The second-order valence-electron chi connectivity index (χ2n) is 13.6. The van der Waals surface area contributed by atoms with E-state index in [2.05, 4.69) is 5.32 Å². The van der Waals surface area contributed by atoms with Gasteiger partial charge in [0.1, 0.15) is 23.1 Å². The highest BCUT2D eigenvalue weighted by Crippen LogP contribution is 2.44. The van der Waals surface area contributed by atoms with Crippen LogP contribution in [-0.4, -0.2) is 73.6 Å². The highest BCUT2D eigenvalue weighted by atomic mass is 19.3. The summed E-state index contributed by atoms with van der Waals surface area (Å²) in [5.74, 6) is -2.72. The first kappa shape index (κ1) is 31.5. The third kappa shape index (κ3) is 5.62. The molecule has 2 aliphatic heterocycles. The van der Waals surface area contributed by atoms with E-state index < -0.39 is 36.8 Å². The van der Waals surface area contributed by atoms with Crippen molar-refractivity contribution in [2.75, 3.05) is 13.7 Å². The predicted molar refractivity (Wildman–Crippen MR) is 171 cm³/mol. The number of imidazole rings is 1. The van der Waals surface area contributed by atoms with E-state index in [0.717, 1.165) is 6.42 Å². The van der Waals surface area contributed by atoms with Crippen LogP contribution in [0.3, 0.4) is 0 Å². The number of rotatable bonds is 3. The molecule has 2 amide bonds. The van der Waals surface area contributed by atoms with Gasteiger partial charge in [0.25, 0.3) is 11.8 Å². The Morgan fingerprint density at radius 2 is 1.94 bits per heavy atom. The average molecular weight is 652 g/mol. The third-order valence-corrected chi connectivity index (χ3v) is 10.2. The Labute approximate surface area is 270 Å². The normalized spacial score (nSPS) is 27.8. The molecule has 3 aliphatic rings. The standard InChI is InChI=1S/C34H40F3N7O3/c1-17-25-8-7-20-12-27(44(30(20)40-25)16-34(36,37)9-5-6-19-10-23(19)32(45)39-17)31-41-26-11-21(13-28(47-4)29(26)42(31)3)33(46)43-15-22(38)14-24(35)18(43)2/h7-8,11-13,17-19,22-24H,5-6,9-10,14-16,38H2,1-4H3,(H,39,45)/t17-,18+,19?,22-,23-,24-/m1/s1. The van der Waals surface area contributed by atoms with Crippen LogP contribution in [0.4, 0.5) is 13.2 Å². The van der Waals surface area contributed by atoms with Gasteiger partial charge in [-0.25, -0.2) is 23.1 Å². The van der Waals surface area contributed by atoms with Crippen molar-refractivity contribution in [3.63, 3.8) is 0 Å². The molecule has 4 aromatic rings. The summed E-state index contributed by atoms with van der Waals surface area (Å²) < 4.78 is 55.0. The van der Waals surface area contributed by atoms with Crippen LogP contribution in [0.25, 0.3) is 33.6 Å². The molecule has 5 heterocycles. The Bertz CT molecular complexity index is 1890. The number of piperidine rings is 1. The Morgan fingerprint density at radius 1 is 1.15 bits per heavy atom. The van der Waals surface area contributed by atoms with Crippen LogP contribution in [0.2, 0.25) is 0 Å². The number of nitrogens with two attached hydrogens (primary N) is 1. The van der Waals surface area contributed by atoms with E-state index in [1.165, 1.54) is 16.6 Å². The minimum Gasteiger partial charge on any atom is -0.494 e. The summed E-state index contributed by atoms with van der Waals surface area (Å²) >= 11 is 0. The number of fused-ring (bicyclic) bond motifs is 3. The summed E-state index contributed by atoms with van der Waals surface area (Å²) in [6.07, 6.45) is 0.262. The number of aryl methyl sites for hydroxylation is 1. The van der Waals surface area contributed by atoms with Crippen molar-refractivity contribution < 1.29 is 27.5 Å². The molecular weight excluding hydrogens is 611 g/mol. The third-order valence-electron chi connectivity index (χ3n) is 10.2. The molecule has 1 saturated carbocycles. The minimum atomic E-state index is -3.04. The maximum Gasteiger partial charge on any atom is 0.265 e. The van der Waals surface area contributed by atoms with Gasteiger partial charge in [-0.2, -0.15) is 0 Å². The summed E-state index contributed by atoms with van der Waals surface area (Å²) in [5.41, 5.74) is 8.68. The van der Waals surface area contributed by atoms with E-state index in [4.69, 9.17) is 20.4 Å². The molecule has 250 valence electrons. The Hall–Kier alpha value is -4.13. The van der Waals surface area contributed by atoms with Crippen molar-refractivity contribution in [1.82, 2.24) is 29.3 Å². The van der Waals surface area contributed by atoms with Crippen molar-refractivity contribution in [2.24, 2.45) is 24.6 Å². The van der Waals surface area contributed by atoms with E-state index >= 15 is 8.78 Å². The zero-order chi connectivity index (χ0) is 33.4. The molecule has 47 heavy (non-hydrogen) atoms. The fraction of sp³-hybridized carbons (Fsp3) is 0.529. The molecule has 10 nitrogen and oxygen atoms in total. The largest absolute Gasteiger partial charge is 0.494 e. The van der Waals surface area contributed by atoms with Gasteiger partial charge in [0.05, 0.1) is 42.6 Å². The smallest absolute Gasteiger partial charge is 0.265 e. The van der Waals surface area contributed by atoms with Gasteiger partial charge >= 0.3 is 0 Å². The zero-order valence-electron chi connectivity index (χ0n) is 27.0. The topological polar surface area (TPSA) is 120 Å². The number of hydrogen-bond donors (Lipinski definition) is 2. The van der Waals surface area contributed by atoms with Crippen LogP contribution in [0.5, 0.6) is 5.75 Å². The monoisotopic (exact) mass is 651 g/mol. The number of pyridine rings is 1. The molecule has 13 heteroatoms. The van der Waals surface area contributed by atoms with Gasteiger partial charge in [0, 0.05) is 42.9 Å². The molecule has 7 rings (SSSR count). The first-order chi connectivity index (χ1) is 22.3. The maximum absolute atomic E-state index is 15.7. The molecule has 3 N–H and O–H groups in total. The first-order valence-corrected chi connectivity index (χ1v) is 16.3. The van der Waals surface area contributed by atoms with Crippen LogP contribution < -0.4 is 15.8 Å². The number of likely N-dealkylation sites (tertiary alicyclic amines) is 1. The fourth-order valence-corrected chi connectivity index (χ4v) is 7.37. The van der Waals surface area contributed by atoms with Crippen LogP contribution >= 0.6 is 0 Å². The lowest BCUT2D eigenvalue weighted by Gasteiger charge is -2.38. The highest BCUT2D eigenvalue weighted by Gasteiger charge is 2.44. The minimum absolute atomic E-state index is 0.0575. The maximum atomic E-state index is 15.7. The summed E-state index contributed by atoms with van der Waals surface area (Å²) in [6, 6.07) is 7.12. The Kier molecular flexibility index (Phi) is 7.72. The van der Waals surface area contributed by atoms with Gasteiger partial charge in [-0.15, -0.1) is 0 Å². The molecule has 1 saturated heterocycles. The Morgan fingerprint density at radius 3 is 2.70 bits per heavy atom. The van der Waals surface area contributed by atoms with Crippen molar-refractivity contribution in [2.45, 2.75) is 82.7 Å². The van der Waals surface area contributed by atoms with Crippen LogP contribution in [0.15, 0.2) is 30.3 Å². The zero-order valence-corrected chi connectivity index (χ0v) is 27.0. The molecule has 2 fully saturated rings. The van der Waals surface area contributed by atoms with Crippen LogP contribution in [0.1, 0.15) is 68.0 Å². The molecular formula is C34H40F3N7O3. The van der Waals surface area contributed by atoms with E-state index in [1.807, 2.05) is 13.0 Å². The highest BCUT2D eigenvalue weighted by molar-refractivity contribution is 6.00. The van der Waals surface area contributed by atoms with Crippen molar-refractivity contribution in [1.29, 1.82) is 0 Å². The molecule has 2 bridgehead atoms. The number of aromatic nitrogens is 4. The summed E-state index contributed by atoms with van der Waals surface area (Å²) in [6.45, 7) is 3.14. The fourth-order valence-electron chi connectivity index (χ4n) is 7.37. The molecule has 3 aromatic heterocycles. The number of amides is 2. The van der Waals surface area contributed by atoms with Gasteiger partial charge in [-0.05, 0) is 75.8 Å². The van der Waals surface area contributed by atoms with Crippen molar-refractivity contribution in [3.8, 4) is 17.3 Å². The summed E-state index contributed by atoms with van der Waals surface area (Å²) in [5, 5.41) is 3.71. The number of carbonyl (C=O) groups excluding carboxylic acids is 2. The number of ether oxygens (including phenoxy) is 1. The van der Waals surface area contributed by atoms with Gasteiger partial charge in [-0.3, -0.25) is 9.59 Å². The van der Waals surface area contributed by atoms with Crippen LogP contribution in [0, 0.1) is 11.8 Å². The number of nitrogens with one attached hydrogen (secondary N) is 1. The molecule has 1 aromatic carbocycles. The number of nitrogens with zero attached hydrogens (tertiary/aromatic N) is 5. The lowest BCUT2D eigenvalue weighted by Crippen LogP contribution is -2.55. The van der Waals surface area contributed by atoms with Crippen LogP contribution in [-0.2, 0) is 18.4 Å². The molecule has 0 radical (unpaired) electrons. The quantitative estimate of drug-likeness (QED) is 0.317. The second kappa shape index (κ2) is 11.5. The van der Waals surface area contributed by atoms with Gasteiger partial charge in [-0.1, -0.05) is 0 Å². The number of benzene rings is 1. The van der Waals surface area contributed by atoms with E-state index in [-0.39, 0.29) is 48.6 Å². The molecule has 1 aliphatic carbocycles.